The Balaban J connectivity index is 1.81. The highest BCUT2D eigenvalue weighted by Crippen LogP contribution is 2.31. The van der Waals surface area contributed by atoms with Gasteiger partial charge in [-0.05, 0) is 43.5 Å². The Kier molecular flexibility index (Phi) is 4.88. The lowest BCUT2D eigenvalue weighted by molar-refractivity contribution is 0.171. The van der Waals surface area contributed by atoms with Crippen molar-refractivity contribution in [3.05, 3.63) is 23.8 Å². The molecule has 0 aliphatic carbocycles. The van der Waals surface area contributed by atoms with E-state index < -0.39 is 0 Å². The average Bonchev–Trinajstić information content (AvgIpc) is 2.38. The molecule has 4 heteroatoms. The smallest absolute Gasteiger partial charge is 0.229 e. The Hall–Kier alpha value is -1.00. The average molecular weight is 250 g/mol. The zero-order chi connectivity index (χ0) is 11.9. The van der Waals surface area contributed by atoms with Crippen LogP contribution >= 0.6 is 0 Å². The molecule has 0 bridgehead atoms. The van der Waals surface area contributed by atoms with Crippen LogP contribution in [0.15, 0.2) is 18.2 Å². The number of benzene rings is 1. The predicted octanol–water partition coefficient (Wildman–Crippen LogP) is 2.46. The summed E-state index contributed by atoms with van der Waals surface area (Å²) < 4.78 is 16.4. The van der Waals surface area contributed by atoms with Crippen LogP contribution in [-0.2, 0) is 10.8 Å². The Morgan fingerprint density at radius 2 is 2.06 bits per heavy atom. The molecule has 1 aromatic rings. The third kappa shape index (κ3) is 3.75. The molecule has 1 aliphatic rings. The Morgan fingerprint density at radius 1 is 1.24 bits per heavy atom. The topological polar surface area (TPSA) is 27.7 Å². The predicted molar refractivity (Wildman–Crippen MR) is 67.9 cm³/mol. The molecule has 2 radical (unpaired) electrons. The van der Waals surface area contributed by atoms with Crippen molar-refractivity contribution < 1.29 is 13.9 Å². The summed E-state index contributed by atoms with van der Waals surface area (Å²) in [5.74, 6) is 1.76. The van der Waals surface area contributed by atoms with Crippen molar-refractivity contribution in [1.29, 1.82) is 0 Å². The molecule has 0 unspecified atom stereocenters. The van der Waals surface area contributed by atoms with Crippen molar-refractivity contribution in [3.8, 4) is 11.5 Å². The van der Waals surface area contributed by atoms with Crippen LogP contribution in [0.3, 0.4) is 0 Å². The molecular formula is C13H18O3Si. The highest BCUT2D eigenvalue weighted by molar-refractivity contribution is 6.26. The molecule has 0 saturated carbocycles. The van der Waals surface area contributed by atoms with Gasteiger partial charge in [-0.25, -0.2) is 0 Å². The molecule has 92 valence electrons. The minimum atomic E-state index is 0.634. The molecule has 17 heavy (non-hydrogen) atoms. The number of fused-ring (bicyclic) bond motifs is 1. The van der Waals surface area contributed by atoms with Gasteiger partial charge >= 0.3 is 0 Å². The van der Waals surface area contributed by atoms with Crippen molar-refractivity contribution in [2.75, 3.05) is 19.8 Å². The van der Waals surface area contributed by atoms with Gasteiger partial charge in [-0.1, -0.05) is 6.07 Å². The maximum Gasteiger partial charge on any atom is 0.229 e. The van der Waals surface area contributed by atoms with Crippen LogP contribution < -0.4 is 9.47 Å². The van der Waals surface area contributed by atoms with Gasteiger partial charge in [-0.15, -0.1) is 0 Å². The Bertz CT molecular complexity index is 355. The highest BCUT2D eigenvalue weighted by Gasteiger charge is 2.11. The van der Waals surface area contributed by atoms with Crippen LogP contribution in [0.4, 0.5) is 0 Å². The lowest BCUT2D eigenvalue weighted by Gasteiger charge is -2.18. The van der Waals surface area contributed by atoms with E-state index in [2.05, 4.69) is 12.1 Å². The molecule has 1 aromatic carbocycles. The fourth-order valence-electron chi connectivity index (χ4n) is 1.78. The van der Waals surface area contributed by atoms with Crippen molar-refractivity contribution in [2.24, 2.45) is 0 Å². The summed E-state index contributed by atoms with van der Waals surface area (Å²) in [4.78, 5) is 0. The second-order valence-corrected chi connectivity index (χ2v) is 4.99. The normalized spacial score (nSPS) is 13.7. The SMILES string of the molecule is CCO[Si]CCCc1ccc2c(c1)OCCO2. The number of hydrogen-bond acceptors (Lipinski definition) is 3. The van der Waals surface area contributed by atoms with E-state index in [0.717, 1.165) is 37.0 Å². The monoisotopic (exact) mass is 250 g/mol. The minimum Gasteiger partial charge on any atom is -0.486 e. The van der Waals surface area contributed by atoms with E-state index in [1.54, 1.807) is 0 Å². The van der Waals surface area contributed by atoms with Crippen molar-refractivity contribution in [1.82, 2.24) is 0 Å². The van der Waals surface area contributed by atoms with E-state index in [-0.39, 0.29) is 0 Å². The third-order valence-electron chi connectivity index (χ3n) is 2.60. The molecule has 0 spiro atoms. The standard InChI is InChI=1S/C13H18O3Si/c1-2-16-17-9-3-4-11-5-6-12-13(10-11)15-8-7-14-12/h5-6,10H,2-4,7-9H2,1H3. The second-order valence-electron chi connectivity index (χ2n) is 3.91. The lowest BCUT2D eigenvalue weighted by atomic mass is 10.1. The molecule has 0 atom stereocenters. The van der Waals surface area contributed by atoms with E-state index in [4.69, 9.17) is 13.9 Å². The van der Waals surface area contributed by atoms with Crippen LogP contribution in [-0.4, -0.2) is 29.6 Å². The minimum absolute atomic E-state index is 0.634. The first-order valence-electron chi connectivity index (χ1n) is 6.13. The quantitative estimate of drug-likeness (QED) is 0.573. The van der Waals surface area contributed by atoms with Crippen LogP contribution in [0.5, 0.6) is 11.5 Å². The molecular weight excluding hydrogens is 232 g/mol. The van der Waals surface area contributed by atoms with Gasteiger partial charge in [0.05, 0.1) is 0 Å². The zero-order valence-corrected chi connectivity index (χ0v) is 11.2. The molecule has 3 nitrogen and oxygen atoms in total. The number of aryl methyl sites for hydroxylation is 1. The molecule has 0 fully saturated rings. The van der Waals surface area contributed by atoms with Crippen molar-refractivity contribution in [3.63, 3.8) is 0 Å². The highest BCUT2D eigenvalue weighted by atomic mass is 28.2. The molecule has 1 aliphatic heterocycles. The number of hydrogen-bond donors (Lipinski definition) is 0. The molecule has 0 saturated heterocycles. The maximum absolute atomic E-state index is 5.56. The Labute approximate surface area is 105 Å². The van der Waals surface area contributed by atoms with E-state index in [0.29, 0.717) is 23.0 Å². The van der Waals surface area contributed by atoms with E-state index in [9.17, 15) is 0 Å². The van der Waals surface area contributed by atoms with Crippen LogP contribution in [0.1, 0.15) is 18.9 Å². The van der Waals surface area contributed by atoms with Gasteiger partial charge in [-0.3, -0.25) is 0 Å². The molecule has 0 aromatic heterocycles. The summed E-state index contributed by atoms with van der Waals surface area (Å²) in [5.41, 5.74) is 1.32. The summed E-state index contributed by atoms with van der Waals surface area (Å²) in [5, 5.41) is 0. The van der Waals surface area contributed by atoms with E-state index in [1.807, 2.05) is 13.0 Å². The zero-order valence-electron chi connectivity index (χ0n) is 10.2. The second kappa shape index (κ2) is 6.66. The van der Waals surface area contributed by atoms with Gasteiger partial charge in [0, 0.05) is 6.61 Å². The van der Waals surface area contributed by atoms with Gasteiger partial charge in [-0.2, -0.15) is 0 Å². The van der Waals surface area contributed by atoms with E-state index in [1.165, 1.54) is 5.56 Å². The molecule has 2 rings (SSSR count). The lowest BCUT2D eigenvalue weighted by Crippen LogP contribution is -2.15. The van der Waals surface area contributed by atoms with Gasteiger partial charge < -0.3 is 13.9 Å². The van der Waals surface area contributed by atoms with Crippen molar-refractivity contribution >= 4 is 9.76 Å². The fourth-order valence-corrected chi connectivity index (χ4v) is 2.45. The molecule has 0 N–H and O–H groups in total. The summed E-state index contributed by atoms with van der Waals surface area (Å²) in [6.45, 7) is 4.17. The molecule has 1 heterocycles. The van der Waals surface area contributed by atoms with Gasteiger partial charge in [0.25, 0.3) is 0 Å². The first-order valence-corrected chi connectivity index (χ1v) is 7.25. The van der Waals surface area contributed by atoms with Gasteiger partial charge in [0.1, 0.15) is 13.2 Å². The first-order chi connectivity index (χ1) is 8.40. The first kappa shape index (κ1) is 12.5. The summed E-state index contributed by atoms with van der Waals surface area (Å²) in [7, 11) is 0.634. The third-order valence-corrected chi connectivity index (χ3v) is 3.65. The van der Waals surface area contributed by atoms with Crippen LogP contribution in [0.25, 0.3) is 0 Å². The number of rotatable bonds is 6. The van der Waals surface area contributed by atoms with E-state index >= 15 is 0 Å². The van der Waals surface area contributed by atoms with Gasteiger partial charge in [0.2, 0.25) is 9.76 Å². The number of ether oxygens (including phenoxy) is 2. The largest absolute Gasteiger partial charge is 0.486 e. The van der Waals surface area contributed by atoms with Crippen LogP contribution in [0.2, 0.25) is 6.04 Å². The van der Waals surface area contributed by atoms with Crippen LogP contribution in [0, 0.1) is 0 Å². The fraction of sp³-hybridized carbons (Fsp3) is 0.538. The summed E-state index contributed by atoms with van der Waals surface area (Å²) >= 11 is 0. The van der Waals surface area contributed by atoms with Gasteiger partial charge in [0.15, 0.2) is 11.5 Å². The van der Waals surface area contributed by atoms with Crippen molar-refractivity contribution in [2.45, 2.75) is 25.8 Å². The summed E-state index contributed by atoms with van der Waals surface area (Å²) in [6, 6.07) is 7.37. The Morgan fingerprint density at radius 3 is 2.88 bits per heavy atom. The maximum atomic E-state index is 5.56. The summed E-state index contributed by atoms with van der Waals surface area (Å²) in [6.07, 6.45) is 2.24. The molecule has 0 amide bonds.